The van der Waals surface area contributed by atoms with Gasteiger partial charge in [-0.05, 0) is 106 Å². The van der Waals surface area contributed by atoms with Crippen molar-refractivity contribution in [3.63, 3.8) is 0 Å². The fourth-order valence-electron chi connectivity index (χ4n) is 4.71. The van der Waals surface area contributed by atoms with Gasteiger partial charge in [-0.2, -0.15) is 13.2 Å². The van der Waals surface area contributed by atoms with E-state index in [4.69, 9.17) is 23.2 Å². The van der Waals surface area contributed by atoms with Crippen LogP contribution in [0.4, 0.5) is 13.2 Å². The predicted octanol–water partition coefficient (Wildman–Crippen LogP) is 6.78. The van der Waals surface area contributed by atoms with Gasteiger partial charge in [-0.15, -0.1) is 0 Å². The number of unbranched alkanes of at least 4 members (excludes halogenated alkanes) is 2. The van der Waals surface area contributed by atoms with Crippen LogP contribution in [0.3, 0.4) is 0 Å². The maximum atomic E-state index is 12.9. The van der Waals surface area contributed by atoms with Gasteiger partial charge >= 0.3 is 6.18 Å². The van der Waals surface area contributed by atoms with E-state index in [2.05, 4.69) is 14.9 Å². The maximum Gasteiger partial charge on any atom is 0.416 e. The van der Waals surface area contributed by atoms with E-state index >= 15 is 0 Å². The molecule has 12 heteroatoms. The minimum atomic E-state index is -4.59. The number of sulfonamides is 1. The van der Waals surface area contributed by atoms with Crippen molar-refractivity contribution >= 4 is 45.2 Å². The van der Waals surface area contributed by atoms with Crippen LogP contribution in [0.15, 0.2) is 53.4 Å². The molecule has 0 saturated carbocycles. The van der Waals surface area contributed by atoms with Gasteiger partial charge in [0.1, 0.15) is 0 Å². The SMILES string of the molecule is O=C(/C=C/c1ccc(Cl)c(Cl)c1)NCCCCCN1CCC(CCCNS(=O)(=O)c2cccc(C(F)(F)F)c2)CC1. The monoisotopic (exact) mass is 633 g/mol. The molecule has 1 aliphatic rings. The van der Waals surface area contributed by atoms with Gasteiger partial charge in [0.05, 0.1) is 20.5 Å². The first kappa shape index (κ1) is 33.4. The number of rotatable bonds is 14. The minimum absolute atomic E-state index is 0.151. The summed E-state index contributed by atoms with van der Waals surface area (Å²) in [5.41, 5.74) is -0.180. The highest BCUT2D eigenvalue weighted by molar-refractivity contribution is 7.89. The quantitative estimate of drug-likeness (QED) is 0.177. The fourth-order valence-corrected chi connectivity index (χ4v) is 6.14. The molecule has 2 N–H and O–H groups in total. The van der Waals surface area contributed by atoms with Crippen molar-refractivity contribution < 1.29 is 26.4 Å². The number of benzene rings is 2. The molecular formula is C29H36Cl2F3N3O3S. The fraction of sp³-hybridized carbons (Fsp3) is 0.483. The molecule has 0 aliphatic carbocycles. The van der Waals surface area contributed by atoms with Gasteiger partial charge < -0.3 is 10.2 Å². The molecule has 6 nitrogen and oxygen atoms in total. The van der Waals surface area contributed by atoms with Crippen LogP contribution in [0.25, 0.3) is 6.08 Å². The molecule has 0 atom stereocenters. The van der Waals surface area contributed by atoms with Gasteiger partial charge in [-0.25, -0.2) is 13.1 Å². The van der Waals surface area contributed by atoms with E-state index in [1.54, 1.807) is 24.3 Å². The van der Waals surface area contributed by atoms with E-state index < -0.39 is 21.8 Å². The highest BCUT2D eigenvalue weighted by atomic mass is 35.5. The topological polar surface area (TPSA) is 78.5 Å². The van der Waals surface area contributed by atoms with E-state index in [1.807, 2.05) is 0 Å². The lowest BCUT2D eigenvalue weighted by Gasteiger charge is -2.32. The second-order valence-corrected chi connectivity index (χ2v) is 12.8. The van der Waals surface area contributed by atoms with Crippen LogP contribution in [0.1, 0.15) is 56.1 Å². The Kier molecular flexibility index (Phi) is 13.0. The van der Waals surface area contributed by atoms with Crippen LogP contribution in [-0.2, 0) is 21.0 Å². The zero-order valence-corrected chi connectivity index (χ0v) is 25.1. The van der Waals surface area contributed by atoms with E-state index in [1.165, 1.54) is 12.1 Å². The lowest BCUT2D eigenvalue weighted by molar-refractivity contribution is -0.137. The molecule has 0 radical (unpaired) electrons. The van der Waals surface area contributed by atoms with Crippen molar-refractivity contribution in [2.75, 3.05) is 32.7 Å². The molecule has 0 aromatic heterocycles. The number of carbonyl (C=O) groups excluding carboxylic acids is 1. The van der Waals surface area contributed by atoms with E-state index in [-0.39, 0.29) is 17.3 Å². The second kappa shape index (κ2) is 15.9. The number of piperidine rings is 1. The number of alkyl halides is 3. The third-order valence-electron chi connectivity index (χ3n) is 7.08. The van der Waals surface area contributed by atoms with Gasteiger partial charge in [0.15, 0.2) is 0 Å². The van der Waals surface area contributed by atoms with Crippen molar-refractivity contribution in [2.24, 2.45) is 5.92 Å². The van der Waals surface area contributed by atoms with E-state index in [0.717, 1.165) is 75.9 Å². The molecular weight excluding hydrogens is 598 g/mol. The average molecular weight is 635 g/mol. The molecule has 2 aromatic rings. The summed E-state index contributed by atoms with van der Waals surface area (Å²) in [6, 6.07) is 8.96. The lowest BCUT2D eigenvalue weighted by atomic mass is 9.92. The van der Waals surface area contributed by atoms with Gasteiger partial charge in [0, 0.05) is 19.2 Å². The lowest BCUT2D eigenvalue weighted by Crippen LogP contribution is -2.34. The van der Waals surface area contributed by atoms with Crippen molar-refractivity contribution in [3.8, 4) is 0 Å². The van der Waals surface area contributed by atoms with Crippen LogP contribution >= 0.6 is 23.2 Å². The number of likely N-dealkylation sites (tertiary alicyclic amines) is 1. The smallest absolute Gasteiger partial charge is 0.353 e. The normalized spacial score (nSPS) is 15.4. The molecule has 0 unspecified atom stereocenters. The summed E-state index contributed by atoms with van der Waals surface area (Å²) in [5, 5.41) is 3.80. The molecule has 1 aliphatic heterocycles. The van der Waals surface area contributed by atoms with Crippen molar-refractivity contribution in [1.29, 1.82) is 0 Å². The van der Waals surface area contributed by atoms with Crippen molar-refractivity contribution in [1.82, 2.24) is 14.9 Å². The summed E-state index contributed by atoms with van der Waals surface area (Å²) < 4.78 is 65.9. The first-order chi connectivity index (χ1) is 19.4. The summed E-state index contributed by atoms with van der Waals surface area (Å²) in [7, 11) is -3.99. The summed E-state index contributed by atoms with van der Waals surface area (Å²) in [6.07, 6.45) is 5.15. The number of hydrogen-bond acceptors (Lipinski definition) is 4. The molecule has 0 spiro atoms. The van der Waals surface area contributed by atoms with E-state index in [0.29, 0.717) is 35.0 Å². The molecule has 0 bridgehead atoms. The zero-order valence-electron chi connectivity index (χ0n) is 22.7. The Morgan fingerprint density at radius 1 is 0.976 bits per heavy atom. The third-order valence-corrected chi connectivity index (χ3v) is 9.28. The number of halogens is 5. The van der Waals surface area contributed by atoms with Gasteiger partial charge in [-0.3, -0.25) is 4.79 Å². The highest BCUT2D eigenvalue weighted by Crippen LogP contribution is 2.30. The zero-order chi connectivity index (χ0) is 29.9. The third kappa shape index (κ3) is 11.6. The standard InChI is InChI=1S/C29H36Cl2F3N3O3S/c30-26-11-9-23(20-27(26)31)10-12-28(38)35-15-2-1-3-17-37-18-13-22(14-19-37)6-5-16-36-41(39,40)25-8-4-7-24(21-25)29(32,33)34/h4,7-12,20-22,36H,1-3,5-6,13-19H2,(H,35,38)/b12-10+. The summed E-state index contributed by atoms with van der Waals surface area (Å²) in [6.45, 7) is 3.81. The first-order valence-electron chi connectivity index (χ1n) is 13.7. The highest BCUT2D eigenvalue weighted by Gasteiger charge is 2.31. The van der Waals surface area contributed by atoms with E-state index in [9.17, 15) is 26.4 Å². The molecule has 3 rings (SSSR count). The Balaban J connectivity index is 1.22. The number of nitrogens with one attached hydrogen (secondary N) is 2. The number of hydrogen-bond donors (Lipinski definition) is 2. The Labute approximate surface area is 250 Å². The number of nitrogens with zero attached hydrogens (tertiary/aromatic N) is 1. The molecule has 41 heavy (non-hydrogen) atoms. The average Bonchev–Trinajstić information content (AvgIpc) is 2.94. The van der Waals surface area contributed by atoms with Crippen LogP contribution in [-0.4, -0.2) is 51.9 Å². The van der Waals surface area contributed by atoms with Crippen molar-refractivity contribution in [3.05, 3.63) is 69.7 Å². The van der Waals surface area contributed by atoms with Gasteiger partial charge in [-0.1, -0.05) is 41.8 Å². The Morgan fingerprint density at radius 3 is 2.44 bits per heavy atom. The van der Waals surface area contributed by atoms with Crippen LogP contribution in [0.5, 0.6) is 0 Å². The van der Waals surface area contributed by atoms with Crippen LogP contribution in [0, 0.1) is 5.92 Å². The first-order valence-corrected chi connectivity index (χ1v) is 16.0. The molecule has 1 saturated heterocycles. The Morgan fingerprint density at radius 2 is 1.73 bits per heavy atom. The van der Waals surface area contributed by atoms with Crippen LogP contribution < -0.4 is 10.0 Å². The maximum absolute atomic E-state index is 12.9. The van der Waals surface area contributed by atoms with Crippen LogP contribution in [0.2, 0.25) is 10.0 Å². The largest absolute Gasteiger partial charge is 0.416 e. The molecule has 1 amide bonds. The van der Waals surface area contributed by atoms with Gasteiger partial charge in [0.2, 0.25) is 15.9 Å². The van der Waals surface area contributed by atoms with Gasteiger partial charge in [0.25, 0.3) is 0 Å². The molecule has 1 fully saturated rings. The number of amides is 1. The Bertz CT molecular complexity index is 1280. The second-order valence-electron chi connectivity index (χ2n) is 10.2. The number of carbonyl (C=O) groups is 1. The minimum Gasteiger partial charge on any atom is -0.353 e. The van der Waals surface area contributed by atoms with Crippen molar-refractivity contribution in [2.45, 2.75) is 56.0 Å². The Hall–Kier alpha value is -2.11. The molecule has 226 valence electrons. The summed E-state index contributed by atoms with van der Waals surface area (Å²) in [5.74, 6) is 0.359. The molecule has 2 aromatic carbocycles. The summed E-state index contributed by atoms with van der Waals surface area (Å²) >= 11 is 11.9. The molecule has 1 heterocycles. The summed E-state index contributed by atoms with van der Waals surface area (Å²) in [4.78, 5) is 14.1. The predicted molar refractivity (Wildman–Crippen MR) is 157 cm³/mol.